The van der Waals surface area contributed by atoms with Crippen molar-refractivity contribution in [2.75, 3.05) is 0 Å². The maximum Gasteiger partial charge on any atom is 0.411 e. The smallest absolute Gasteiger partial charge is 0.411 e. The van der Waals surface area contributed by atoms with Crippen LogP contribution in [0, 0.1) is 5.82 Å². The number of amides is 1. The molecule has 1 fully saturated rings. The van der Waals surface area contributed by atoms with Crippen LogP contribution in [0.2, 0.25) is 0 Å². The van der Waals surface area contributed by atoms with Gasteiger partial charge in [-0.15, -0.1) is 0 Å². The van der Waals surface area contributed by atoms with E-state index in [4.69, 9.17) is 4.74 Å². The summed E-state index contributed by atoms with van der Waals surface area (Å²) in [6.45, 7) is 8.78. The Bertz CT molecular complexity index is 574. The summed E-state index contributed by atoms with van der Waals surface area (Å²) < 4.78 is 19.1. The van der Waals surface area contributed by atoms with E-state index in [0.717, 1.165) is 5.56 Å². The summed E-state index contributed by atoms with van der Waals surface area (Å²) in [5.74, 6) is -0.335. The van der Waals surface area contributed by atoms with Crippen LogP contribution in [0.25, 0.3) is 0 Å². The van der Waals surface area contributed by atoms with Crippen molar-refractivity contribution in [1.82, 2.24) is 4.90 Å². The number of rotatable bonds is 2. The maximum atomic E-state index is 13.6. The molecule has 1 amide bonds. The average molecular weight is 323 g/mol. The molecular weight excluding hydrogens is 297 g/mol. The third-order valence-corrected chi connectivity index (χ3v) is 4.04. The summed E-state index contributed by atoms with van der Waals surface area (Å²) in [6.07, 6.45) is 0.831. The molecule has 1 aliphatic heterocycles. The third-order valence-electron chi connectivity index (χ3n) is 4.04. The minimum atomic E-state index is -1.06. The van der Waals surface area contributed by atoms with Crippen LogP contribution in [-0.4, -0.2) is 33.3 Å². The number of aliphatic hydroxyl groups is 1. The zero-order valence-electron chi connectivity index (χ0n) is 14.5. The first kappa shape index (κ1) is 17.7. The van der Waals surface area contributed by atoms with Gasteiger partial charge in [0.25, 0.3) is 0 Å². The van der Waals surface area contributed by atoms with Crippen LogP contribution < -0.4 is 0 Å². The quantitative estimate of drug-likeness (QED) is 0.893. The van der Waals surface area contributed by atoms with Crippen LogP contribution in [0.1, 0.15) is 59.1 Å². The van der Waals surface area contributed by atoms with Gasteiger partial charge in [-0.1, -0.05) is 12.1 Å². The van der Waals surface area contributed by atoms with Gasteiger partial charge in [0.05, 0.1) is 17.7 Å². The molecule has 1 aliphatic rings. The number of likely N-dealkylation sites (tertiary alicyclic amines) is 1. The molecule has 128 valence electrons. The first-order valence-corrected chi connectivity index (χ1v) is 7.98. The van der Waals surface area contributed by atoms with Gasteiger partial charge in [0.15, 0.2) is 0 Å². The molecule has 1 aromatic carbocycles. The first-order valence-electron chi connectivity index (χ1n) is 7.98. The molecule has 23 heavy (non-hydrogen) atoms. The lowest BCUT2D eigenvalue weighted by molar-refractivity contribution is -0.0331. The number of nitrogens with zero attached hydrogens (tertiary/aromatic N) is 1. The van der Waals surface area contributed by atoms with Crippen molar-refractivity contribution in [3.05, 3.63) is 35.6 Å². The Morgan fingerprint density at radius 3 is 2.43 bits per heavy atom. The number of hydrogen-bond donors (Lipinski definition) is 1. The lowest BCUT2D eigenvalue weighted by atomic mass is 9.97. The second-order valence-electron chi connectivity index (χ2n) is 7.71. The average Bonchev–Trinajstić information content (AvgIpc) is 2.81. The van der Waals surface area contributed by atoms with E-state index < -0.39 is 17.3 Å². The SMILES string of the molecule is CC(C)(C)OC(=O)N1[C@H](c2cccc(F)c2)CC[C@@H]1C(C)(C)O. The number of carbonyl (C=O) groups excluding carboxylic acids is 1. The van der Waals surface area contributed by atoms with Crippen LogP contribution >= 0.6 is 0 Å². The van der Waals surface area contributed by atoms with E-state index in [1.807, 2.05) is 0 Å². The summed E-state index contributed by atoms with van der Waals surface area (Å²) in [4.78, 5) is 14.3. The summed E-state index contributed by atoms with van der Waals surface area (Å²) in [6, 6.07) is 5.59. The predicted octanol–water partition coefficient (Wildman–Crippen LogP) is 4.04. The minimum absolute atomic E-state index is 0.294. The standard InChI is InChI=1S/C18H26FNO3/c1-17(2,3)23-16(21)20-14(9-10-15(20)18(4,5)22)12-7-6-8-13(19)11-12/h6-8,11,14-15,22H,9-10H2,1-5H3/t14-,15+/m0/s1. The molecule has 5 heteroatoms. The van der Waals surface area contributed by atoms with Gasteiger partial charge in [0.2, 0.25) is 0 Å². The highest BCUT2D eigenvalue weighted by atomic mass is 19.1. The highest BCUT2D eigenvalue weighted by molar-refractivity contribution is 5.70. The maximum absolute atomic E-state index is 13.6. The molecule has 2 rings (SSSR count). The molecule has 1 aromatic rings. The molecule has 1 heterocycles. The highest BCUT2D eigenvalue weighted by Gasteiger charge is 2.46. The topological polar surface area (TPSA) is 49.8 Å². The molecule has 1 N–H and O–H groups in total. The number of hydrogen-bond acceptors (Lipinski definition) is 3. The monoisotopic (exact) mass is 323 g/mol. The molecule has 0 radical (unpaired) electrons. The van der Waals surface area contributed by atoms with Crippen LogP contribution in [0.4, 0.5) is 9.18 Å². The minimum Gasteiger partial charge on any atom is -0.444 e. The Balaban J connectivity index is 2.36. The Kier molecular flexibility index (Phi) is 4.71. The molecule has 0 saturated carbocycles. The van der Waals surface area contributed by atoms with Crippen molar-refractivity contribution in [2.45, 2.75) is 70.7 Å². The highest BCUT2D eigenvalue weighted by Crippen LogP contribution is 2.41. The van der Waals surface area contributed by atoms with Crippen molar-refractivity contribution in [3.63, 3.8) is 0 Å². The van der Waals surface area contributed by atoms with E-state index in [9.17, 15) is 14.3 Å². The Morgan fingerprint density at radius 1 is 1.26 bits per heavy atom. The van der Waals surface area contributed by atoms with Crippen molar-refractivity contribution in [3.8, 4) is 0 Å². The molecule has 0 aliphatic carbocycles. The lowest BCUT2D eigenvalue weighted by Crippen LogP contribution is -2.50. The van der Waals surface area contributed by atoms with Crippen LogP contribution in [0.3, 0.4) is 0 Å². The van der Waals surface area contributed by atoms with Crippen molar-refractivity contribution < 1.29 is 19.0 Å². The second kappa shape index (κ2) is 6.11. The zero-order valence-corrected chi connectivity index (χ0v) is 14.5. The van der Waals surface area contributed by atoms with Crippen LogP contribution in [0.15, 0.2) is 24.3 Å². The molecule has 0 spiro atoms. The summed E-state index contributed by atoms with van der Waals surface area (Å²) in [5, 5.41) is 10.4. The van der Waals surface area contributed by atoms with Gasteiger partial charge in [0.1, 0.15) is 11.4 Å². The van der Waals surface area contributed by atoms with Gasteiger partial charge in [-0.05, 0) is 65.2 Å². The van der Waals surface area contributed by atoms with E-state index >= 15 is 0 Å². The van der Waals surface area contributed by atoms with Gasteiger partial charge in [0, 0.05) is 0 Å². The van der Waals surface area contributed by atoms with E-state index in [1.54, 1.807) is 51.7 Å². The van der Waals surface area contributed by atoms with Gasteiger partial charge < -0.3 is 9.84 Å². The van der Waals surface area contributed by atoms with Crippen molar-refractivity contribution in [2.24, 2.45) is 0 Å². The Labute approximate surface area is 137 Å². The van der Waals surface area contributed by atoms with Crippen LogP contribution in [-0.2, 0) is 4.74 Å². The summed E-state index contributed by atoms with van der Waals surface area (Å²) in [7, 11) is 0. The van der Waals surface area contributed by atoms with Gasteiger partial charge in [-0.25, -0.2) is 9.18 Å². The zero-order chi connectivity index (χ0) is 17.4. The summed E-state index contributed by atoms with van der Waals surface area (Å²) in [5.41, 5.74) is -0.961. The number of benzene rings is 1. The lowest BCUT2D eigenvalue weighted by Gasteiger charge is -2.37. The molecule has 2 atom stereocenters. The van der Waals surface area contributed by atoms with Crippen molar-refractivity contribution >= 4 is 6.09 Å². The molecular formula is C18H26FNO3. The molecule has 4 nitrogen and oxygen atoms in total. The molecule has 0 bridgehead atoms. The predicted molar refractivity (Wildman–Crippen MR) is 86.5 cm³/mol. The Hall–Kier alpha value is -1.62. The Morgan fingerprint density at radius 2 is 1.91 bits per heavy atom. The number of carbonyl (C=O) groups is 1. The second-order valence-corrected chi connectivity index (χ2v) is 7.71. The fourth-order valence-corrected chi connectivity index (χ4v) is 3.11. The fraction of sp³-hybridized carbons (Fsp3) is 0.611. The first-order chi connectivity index (χ1) is 10.5. The number of ether oxygens (including phenoxy) is 1. The van der Waals surface area contributed by atoms with E-state index in [-0.39, 0.29) is 17.9 Å². The summed E-state index contributed by atoms with van der Waals surface area (Å²) >= 11 is 0. The third kappa shape index (κ3) is 4.22. The van der Waals surface area contributed by atoms with Gasteiger partial charge in [-0.2, -0.15) is 0 Å². The molecule has 0 unspecified atom stereocenters. The normalized spacial score (nSPS) is 22.3. The van der Waals surface area contributed by atoms with E-state index in [1.165, 1.54) is 12.1 Å². The van der Waals surface area contributed by atoms with Gasteiger partial charge in [-0.3, -0.25) is 4.90 Å². The molecule has 0 aromatic heterocycles. The largest absolute Gasteiger partial charge is 0.444 e. The number of halogens is 1. The fourth-order valence-electron chi connectivity index (χ4n) is 3.11. The van der Waals surface area contributed by atoms with E-state index in [2.05, 4.69) is 0 Å². The van der Waals surface area contributed by atoms with E-state index in [0.29, 0.717) is 12.8 Å². The van der Waals surface area contributed by atoms with Gasteiger partial charge >= 0.3 is 6.09 Å². The molecule has 1 saturated heterocycles. The van der Waals surface area contributed by atoms with Crippen LogP contribution in [0.5, 0.6) is 0 Å². The van der Waals surface area contributed by atoms with Crippen molar-refractivity contribution in [1.29, 1.82) is 0 Å².